The summed E-state index contributed by atoms with van der Waals surface area (Å²) in [5, 5.41) is 9.40. The van der Waals surface area contributed by atoms with Gasteiger partial charge in [0.15, 0.2) is 0 Å². The Labute approximate surface area is 114 Å². The zero-order valence-electron chi connectivity index (χ0n) is 11.1. The number of benzene rings is 1. The lowest BCUT2D eigenvalue weighted by atomic mass is 10.1. The van der Waals surface area contributed by atoms with Gasteiger partial charge in [0.05, 0.1) is 11.3 Å². The molecule has 96 valence electrons. The molecule has 2 nitrogen and oxygen atoms in total. The maximum absolute atomic E-state index is 9.40. The van der Waals surface area contributed by atoms with Crippen molar-refractivity contribution >= 4 is 17.4 Å². The summed E-state index contributed by atoms with van der Waals surface area (Å²) >= 11 is 1.72. The third kappa shape index (κ3) is 3.54. The van der Waals surface area contributed by atoms with E-state index in [1.165, 1.54) is 0 Å². The first-order valence-corrected chi connectivity index (χ1v) is 7.28. The van der Waals surface area contributed by atoms with Crippen LogP contribution in [0, 0.1) is 11.3 Å². The Bertz CT molecular complexity index is 435. The summed E-state index contributed by atoms with van der Waals surface area (Å²) < 4.78 is 0. The van der Waals surface area contributed by atoms with E-state index in [1.807, 2.05) is 24.3 Å². The van der Waals surface area contributed by atoms with Crippen LogP contribution >= 0.6 is 11.8 Å². The fourth-order valence-electron chi connectivity index (χ4n) is 1.91. The lowest BCUT2D eigenvalue weighted by Gasteiger charge is -2.24. The molecule has 3 heteroatoms. The minimum absolute atomic E-state index is 0.781. The molecule has 0 aliphatic rings. The van der Waals surface area contributed by atoms with E-state index in [2.05, 4.69) is 31.4 Å². The molecular weight excluding hydrogens is 240 g/mol. The van der Waals surface area contributed by atoms with Crippen LogP contribution in [0.5, 0.6) is 0 Å². The number of hydrogen-bond donors (Lipinski definition) is 0. The lowest BCUT2D eigenvalue weighted by molar-refractivity contribution is 0.814. The summed E-state index contributed by atoms with van der Waals surface area (Å²) in [5.74, 6) is 0.980. The van der Waals surface area contributed by atoms with E-state index in [4.69, 9.17) is 0 Å². The number of anilines is 1. The van der Waals surface area contributed by atoms with Crippen LogP contribution in [0.15, 0.2) is 35.7 Å². The first-order valence-electron chi connectivity index (χ1n) is 6.30. The van der Waals surface area contributed by atoms with Crippen molar-refractivity contribution in [3.05, 3.63) is 36.4 Å². The molecule has 18 heavy (non-hydrogen) atoms. The van der Waals surface area contributed by atoms with E-state index >= 15 is 0 Å². The summed E-state index contributed by atoms with van der Waals surface area (Å²) in [5.41, 5.74) is 1.82. The van der Waals surface area contributed by atoms with Crippen molar-refractivity contribution in [2.75, 3.05) is 23.7 Å². The summed E-state index contributed by atoms with van der Waals surface area (Å²) in [6, 6.07) is 8.42. The Hall–Kier alpha value is -1.40. The van der Waals surface area contributed by atoms with E-state index in [0.717, 1.165) is 41.4 Å². The minimum Gasteiger partial charge on any atom is -0.367 e. The fourth-order valence-corrected chi connectivity index (χ4v) is 2.69. The van der Waals surface area contributed by atoms with Crippen molar-refractivity contribution in [1.29, 1.82) is 5.26 Å². The standard InChI is InChI=1S/C15H20N2S/c1-4-10-17(11-5-2)14-8-7-9-15(18-6-3)13(14)12-16/h4,7-9H,1,5-6,10-11H2,2-3H3. The number of nitriles is 1. The van der Waals surface area contributed by atoms with Crippen LogP contribution in [0.4, 0.5) is 5.69 Å². The molecule has 0 radical (unpaired) electrons. The number of hydrogen-bond acceptors (Lipinski definition) is 3. The molecule has 0 N–H and O–H groups in total. The van der Waals surface area contributed by atoms with E-state index in [1.54, 1.807) is 11.8 Å². The molecule has 1 rings (SSSR count). The smallest absolute Gasteiger partial charge is 0.103 e. The van der Waals surface area contributed by atoms with E-state index in [9.17, 15) is 5.26 Å². The van der Waals surface area contributed by atoms with Gasteiger partial charge in [-0.15, -0.1) is 18.3 Å². The predicted molar refractivity (Wildman–Crippen MR) is 80.3 cm³/mol. The Morgan fingerprint density at radius 1 is 1.44 bits per heavy atom. The van der Waals surface area contributed by atoms with Crippen molar-refractivity contribution < 1.29 is 0 Å². The van der Waals surface area contributed by atoms with Gasteiger partial charge in [-0.25, -0.2) is 0 Å². The average molecular weight is 260 g/mol. The van der Waals surface area contributed by atoms with Gasteiger partial charge in [-0.1, -0.05) is 26.0 Å². The lowest BCUT2D eigenvalue weighted by Crippen LogP contribution is -2.25. The summed E-state index contributed by atoms with van der Waals surface area (Å²) in [6.45, 7) is 9.77. The first kappa shape index (κ1) is 14.7. The molecule has 0 fully saturated rings. The van der Waals surface area contributed by atoms with Crippen molar-refractivity contribution in [2.45, 2.75) is 25.2 Å². The van der Waals surface area contributed by atoms with Gasteiger partial charge in [-0.05, 0) is 24.3 Å². The highest BCUT2D eigenvalue weighted by Gasteiger charge is 2.12. The molecular formula is C15H20N2S. The van der Waals surface area contributed by atoms with E-state index in [0.29, 0.717) is 0 Å². The highest BCUT2D eigenvalue weighted by molar-refractivity contribution is 7.99. The molecule has 0 unspecified atom stereocenters. The zero-order valence-corrected chi connectivity index (χ0v) is 12.0. The first-order chi connectivity index (χ1) is 8.78. The molecule has 0 spiro atoms. The van der Waals surface area contributed by atoms with Crippen LogP contribution in [0.2, 0.25) is 0 Å². The normalized spacial score (nSPS) is 9.83. The van der Waals surface area contributed by atoms with Crippen molar-refractivity contribution in [1.82, 2.24) is 0 Å². The third-order valence-corrected chi connectivity index (χ3v) is 3.54. The molecule has 0 aromatic heterocycles. The molecule has 1 aromatic carbocycles. The van der Waals surface area contributed by atoms with Gasteiger partial charge in [0.25, 0.3) is 0 Å². The Balaban J connectivity index is 3.16. The fraction of sp³-hybridized carbons (Fsp3) is 0.400. The maximum Gasteiger partial charge on any atom is 0.103 e. The highest BCUT2D eigenvalue weighted by Crippen LogP contribution is 2.30. The molecule has 0 saturated heterocycles. The maximum atomic E-state index is 9.40. The molecule has 0 bridgehead atoms. The predicted octanol–water partition coefficient (Wildman–Crippen LogP) is 4.07. The average Bonchev–Trinajstić information content (AvgIpc) is 2.38. The molecule has 0 aliphatic carbocycles. The van der Waals surface area contributed by atoms with Gasteiger partial charge < -0.3 is 4.90 Å². The zero-order chi connectivity index (χ0) is 13.4. The third-order valence-electron chi connectivity index (χ3n) is 2.60. The molecule has 0 amide bonds. The second-order valence-electron chi connectivity index (χ2n) is 3.93. The summed E-state index contributed by atoms with van der Waals surface area (Å²) in [6.07, 6.45) is 2.94. The van der Waals surface area contributed by atoms with Crippen LogP contribution in [-0.4, -0.2) is 18.8 Å². The second-order valence-corrected chi connectivity index (χ2v) is 5.24. The van der Waals surface area contributed by atoms with Crippen LogP contribution in [0.3, 0.4) is 0 Å². The van der Waals surface area contributed by atoms with Crippen molar-refractivity contribution in [2.24, 2.45) is 0 Å². The molecule has 1 aromatic rings. The van der Waals surface area contributed by atoms with Crippen LogP contribution in [-0.2, 0) is 0 Å². The monoisotopic (exact) mass is 260 g/mol. The van der Waals surface area contributed by atoms with Crippen LogP contribution in [0.25, 0.3) is 0 Å². The molecule has 0 aliphatic heterocycles. The summed E-state index contributed by atoms with van der Waals surface area (Å²) in [7, 11) is 0. The van der Waals surface area contributed by atoms with Crippen LogP contribution < -0.4 is 4.90 Å². The largest absolute Gasteiger partial charge is 0.367 e. The Morgan fingerprint density at radius 3 is 2.78 bits per heavy atom. The van der Waals surface area contributed by atoms with Gasteiger partial charge in [-0.3, -0.25) is 0 Å². The highest BCUT2D eigenvalue weighted by atomic mass is 32.2. The number of nitrogens with zero attached hydrogens (tertiary/aromatic N) is 2. The van der Waals surface area contributed by atoms with E-state index < -0.39 is 0 Å². The molecule has 0 atom stereocenters. The Morgan fingerprint density at radius 2 is 2.22 bits per heavy atom. The summed E-state index contributed by atoms with van der Waals surface area (Å²) in [4.78, 5) is 3.29. The Kier molecular flexibility index (Phi) is 6.38. The molecule has 0 heterocycles. The van der Waals surface area contributed by atoms with Gasteiger partial charge in [0, 0.05) is 18.0 Å². The van der Waals surface area contributed by atoms with Crippen molar-refractivity contribution in [3.63, 3.8) is 0 Å². The second kappa shape index (κ2) is 7.84. The minimum atomic E-state index is 0.781. The van der Waals surface area contributed by atoms with Gasteiger partial charge in [0.2, 0.25) is 0 Å². The SMILES string of the molecule is C=CCN(CCC)c1cccc(SCC)c1C#N. The quantitative estimate of drug-likeness (QED) is 0.546. The number of rotatable bonds is 7. The van der Waals surface area contributed by atoms with Crippen LogP contribution in [0.1, 0.15) is 25.8 Å². The van der Waals surface area contributed by atoms with E-state index in [-0.39, 0.29) is 0 Å². The topological polar surface area (TPSA) is 27.0 Å². The van der Waals surface area contributed by atoms with Gasteiger partial charge in [0.1, 0.15) is 6.07 Å². The van der Waals surface area contributed by atoms with Crippen molar-refractivity contribution in [3.8, 4) is 6.07 Å². The molecule has 0 saturated carbocycles. The van der Waals surface area contributed by atoms with Gasteiger partial charge >= 0.3 is 0 Å². The number of thioether (sulfide) groups is 1. The van der Waals surface area contributed by atoms with Gasteiger partial charge in [-0.2, -0.15) is 5.26 Å².